The van der Waals surface area contributed by atoms with E-state index in [4.69, 9.17) is 4.74 Å². The zero-order valence-corrected chi connectivity index (χ0v) is 13.6. The van der Waals surface area contributed by atoms with Gasteiger partial charge in [0.15, 0.2) is 0 Å². The van der Waals surface area contributed by atoms with Crippen LogP contribution in [-0.4, -0.2) is 18.7 Å². The maximum absolute atomic E-state index is 11.9. The van der Waals surface area contributed by atoms with Crippen LogP contribution in [0.2, 0.25) is 0 Å². The number of alkyl carbamates (subject to hydrolysis) is 1. The highest BCUT2D eigenvalue weighted by Gasteiger charge is 2.62. The third-order valence-electron chi connectivity index (χ3n) is 6.26. The molecule has 3 atom stereocenters. The van der Waals surface area contributed by atoms with Crippen molar-refractivity contribution in [2.75, 3.05) is 6.54 Å². The lowest BCUT2D eigenvalue weighted by molar-refractivity contribution is -0.00415. The second-order valence-corrected chi connectivity index (χ2v) is 7.49. The molecule has 3 heteroatoms. The highest BCUT2D eigenvalue weighted by atomic mass is 16.6. The van der Waals surface area contributed by atoms with Crippen LogP contribution in [0.4, 0.5) is 4.79 Å². The standard InChI is InChI=1S/C17H31NO2/c1-5-6-7-8-11-18-15(19)20-14-12-13-9-10-17(14,4)16(13,2)3/h13-14H,5-12H2,1-4H3,(H,18,19)/t13-,14-,17-/m1/s1. The Morgan fingerprint density at radius 1 is 1.25 bits per heavy atom. The Hall–Kier alpha value is -0.730. The summed E-state index contributed by atoms with van der Waals surface area (Å²) in [7, 11) is 0. The molecule has 2 fully saturated rings. The summed E-state index contributed by atoms with van der Waals surface area (Å²) in [5, 5.41) is 2.91. The molecule has 0 aromatic carbocycles. The average molecular weight is 281 g/mol. The van der Waals surface area contributed by atoms with Gasteiger partial charge in [0.2, 0.25) is 0 Å². The van der Waals surface area contributed by atoms with E-state index in [2.05, 4.69) is 33.0 Å². The number of unbranched alkanes of at least 4 members (excludes halogenated alkanes) is 3. The molecule has 0 aromatic heterocycles. The normalized spacial score (nSPS) is 34.2. The molecule has 0 radical (unpaired) electrons. The Labute approximate surface area is 123 Å². The first-order valence-corrected chi connectivity index (χ1v) is 8.36. The number of nitrogens with one attached hydrogen (secondary N) is 1. The van der Waals surface area contributed by atoms with E-state index in [1.807, 2.05) is 0 Å². The van der Waals surface area contributed by atoms with Crippen LogP contribution in [0.25, 0.3) is 0 Å². The molecule has 2 bridgehead atoms. The van der Waals surface area contributed by atoms with E-state index in [1.165, 1.54) is 32.1 Å². The third kappa shape index (κ3) is 2.68. The van der Waals surface area contributed by atoms with Crippen LogP contribution in [0.5, 0.6) is 0 Å². The van der Waals surface area contributed by atoms with Gasteiger partial charge >= 0.3 is 6.09 Å². The molecular formula is C17H31NO2. The fourth-order valence-electron chi connectivity index (χ4n) is 4.22. The minimum Gasteiger partial charge on any atom is -0.446 e. The number of carbonyl (C=O) groups is 1. The van der Waals surface area contributed by atoms with Gasteiger partial charge in [-0.2, -0.15) is 0 Å². The summed E-state index contributed by atoms with van der Waals surface area (Å²) < 4.78 is 5.74. The molecule has 116 valence electrons. The first-order chi connectivity index (χ1) is 9.41. The van der Waals surface area contributed by atoms with E-state index < -0.39 is 0 Å². The topological polar surface area (TPSA) is 38.3 Å². The number of carbonyl (C=O) groups excluding carboxylic acids is 1. The van der Waals surface area contributed by atoms with Gasteiger partial charge in [-0.05, 0) is 37.0 Å². The largest absolute Gasteiger partial charge is 0.446 e. The van der Waals surface area contributed by atoms with Gasteiger partial charge in [-0.15, -0.1) is 0 Å². The second-order valence-electron chi connectivity index (χ2n) is 7.49. The van der Waals surface area contributed by atoms with Gasteiger partial charge in [0.05, 0.1) is 0 Å². The van der Waals surface area contributed by atoms with Crippen LogP contribution in [0.15, 0.2) is 0 Å². The third-order valence-corrected chi connectivity index (χ3v) is 6.26. The van der Waals surface area contributed by atoms with Crippen molar-refractivity contribution in [2.24, 2.45) is 16.7 Å². The number of amides is 1. The van der Waals surface area contributed by atoms with Crippen LogP contribution >= 0.6 is 0 Å². The maximum atomic E-state index is 11.9. The predicted molar refractivity (Wildman–Crippen MR) is 81.6 cm³/mol. The van der Waals surface area contributed by atoms with Crippen molar-refractivity contribution in [3.63, 3.8) is 0 Å². The van der Waals surface area contributed by atoms with E-state index >= 15 is 0 Å². The first-order valence-electron chi connectivity index (χ1n) is 8.36. The molecule has 2 aliphatic carbocycles. The minimum absolute atomic E-state index is 0.104. The van der Waals surface area contributed by atoms with Gasteiger partial charge in [0, 0.05) is 12.0 Å². The molecule has 1 N–H and O–H groups in total. The molecule has 3 nitrogen and oxygen atoms in total. The Kier molecular flexibility index (Phi) is 4.66. The molecule has 20 heavy (non-hydrogen) atoms. The van der Waals surface area contributed by atoms with E-state index in [-0.39, 0.29) is 17.6 Å². The maximum Gasteiger partial charge on any atom is 0.407 e. The zero-order chi connectivity index (χ0) is 14.8. The molecule has 0 spiro atoms. The second kappa shape index (κ2) is 5.95. The number of fused-ring (bicyclic) bond motifs is 2. The Bertz CT molecular complexity index is 353. The average Bonchev–Trinajstić information content (AvgIpc) is 2.71. The van der Waals surface area contributed by atoms with Crippen molar-refractivity contribution in [3.8, 4) is 0 Å². The molecule has 1 amide bonds. The molecule has 0 aromatic rings. The molecule has 0 unspecified atom stereocenters. The number of rotatable bonds is 6. The predicted octanol–water partition coefficient (Wildman–Crippen LogP) is 4.51. The Balaban J connectivity index is 1.76. The lowest BCUT2D eigenvalue weighted by Crippen LogP contribution is -2.40. The van der Waals surface area contributed by atoms with Crippen LogP contribution in [0.1, 0.15) is 72.6 Å². The van der Waals surface area contributed by atoms with Crippen molar-refractivity contribution in [3.05, 3.63) is 0 Å². The fraction of sp³-hybridized carbons (Fsp3) is 0.941. The monoisotopic (exact) mass is 281 g/mol. The summed E-state index contributed by atoms with van der Waals surface area (Å²) >= 11 is 0. The summed E-state index contributed by atoms with van der Waals surface area (Å²) in [5.74, 6) is 0.717. The smallest absolute Gasteiger partial charge is 0.407 e. The molecule has 0 heterocycles. The fourth-order valence-corrected chi connectivity index (χ4v) is 4.22. The quantitative estimate of drug-likeness (QED) is 0.728. The SMILES string of the molecule is CCCCCCNC(=O)O[C@@H]1C[C@H]2CC[C@@]1(C)C2(C)C. The van der Waals surface area contributed by atoms with E-state index in [0.717, 1.165) is 25.3 Å². The summed E-state index contributed by atoms with van der Waals surface area (Å²) in [6.07, 6.45) is 8.14. The zero-order valence-electron chi connectivity index (χ0n) is 13.6. The Morgan fingerprint density at radius 3 is 2.55 bits per heavy atom. The van der Waals surface area contributed by atoms with Crippen molar-refractivity contribution in [1.82, 2.24) is 5.32 Å². The van der Waals surface area contributed by atoms with Gasteiger partial charge < -0.3 is 10.1 Å². The molecule has 2 saturated carbocycles. The molecule has 0 aliphatic heterocycles. The van der Waals surface area contributed by atoms with Crippen LogP contribution in [0, 0.1) is 16.7 Å². The molecule has 2 aliphatic rings. The summed E-state index contributed by atoms with van der Waals surface area (Å²) in [5.41, 5.74) is 0.469. The highest BCUT2D eigenvalue weighted by Crippen LogP contribution is 2.66. The molecule has 0 saturated heterocycles. The van der Waals surface area contributed by atoms with Crippen LogP contribution < -0.4 is 5.32 Å². The van der Waals surface area contributed by atoms with Gasteiger partial charge in [-0.3, -0.25) is 0 Å². The highest BCUT2D eigenvalue weighted by molar-refractivity contribution is 5.67. The molecule has 2 rings (SSSR count). The van der Waals surface area contributed by atoms with Crippen molar-refractivity contribution >= 4 is 6.09 Å². The lowest BCUT2D eigenvalue weighted by atomic mass is 9.70. The van der Waals surface area contributed by atoms with Gasteiger partial charge in [0.1, 0.15) is 6.10 Å². The van der Waals surface area contributed by atoms with Gasteiger partial charge in [-0.25, -0.2) is 4.79 Å². The number of hydrogen-bond donors (Lipinski definition) is 1. The summed E-state index contributed by atoms with van der Waals surface area (Å²) in [6.45, 7) is 9.93. The van der Waals surface area contributed by atoms with Crippen LogP contribution in [0.3, 0.4) is 0 Å². The van der Waals surface area contributed by atoms with Crippen molar-refractivity contribution < 1.29 is 9.53 Å². The first kappa shape index (κ1) is 15.7. The summed E-state index contributed by atoms with van der Waals surface area (Å²) in [6, 6.07) is 0. The minimum atomic E-state index is -0.212. The number of ether oxygens (including phenoxy) is 1. The number of hydrogen-bond acceptors (Lipinski definition) is 2. The summed E-state index contributed by atoms with van der Waals surface area (Å²) in [4.78, 5) is 11.9. The van der Waals surface area contributed by atoms with Gasteiger partial charge in [-0.1, -0.05) is 47.0 Å². The van der Waals surface area contributed by atoms with E-state index in [9.17, 15) is 4.79 Å². The Morgan fingerprint density at radius 2 is 2.00 bits per heavy atom. The van der Waals surface area contributed by atoms with Gasteiger partial charge in [0.25, 0.3) is 0 Å². The van der Waals surface area contributed by atoms with E-state index in [1.54, 1.807) is 0 Å². The van der Waals surface area contributed by atoms with Crippen LogP contribution in [-0.2, 0) is 4.74 Å². The molecular weight excluding hydrogens is 250 g/mol. The van der Waals surface area contributed by atoms with E-state index in [0.29, 0.717) is 5.41 Å². The lowest BCUT2D eigenvalue weighted by Gasteiger charge is -2.38. The van der Waals surface area contributed by atoms with Crippen molar-refractivity contribution in [1.29, 1.82) is 0 Å². The van der Waals surface area contributed by atoms with Crippen molar-refractivity contribution in [2.45, 2.75) is 78.7 Å².